The Morgan fingerprint density at radius 3 is 2.59 bits per heavy atom. The Kier molecular flexibility index (Phi) is 4.43. The predicted octanol–water partition coefficient (Wildman–Crippen LogP) is 2.98. The zero-order valence-corrected chi connectivity index (χ0v) is 13.2. The molecule has 1 fully saturated rings. The molecule has 0 unspecified atom stereocenters. The van der Waals surface area contributed by atoms with Crippen molar-refractivity contribution >= 4 is 17.5 Å². The summed E-state index contributed by atoms with van der Waals surface area (Å²) in [5.41, 5.74) is 0.990. The minimum absolute atomic E-state index is 0.155. The molecule has 6 heteroatoms. The summed E-state index contributed by atoms with van der Waals surface area (Å²) in [6, 6.07) is 7.42. The Balaban J connectivity index is 1.54. The molecule has 22 heavy (non-hydrogen) atoms. The van der Waals surface area contributed by atoms with Crippen LogP contribution in [-0.4, -0.2) is 34.0 Å². The van der Waals surface area contributed by atoms with Crippen molar-refractivity contribution in [2.24, 2.45) is 0 Å². The number of benzene rings is 1. The summed E-state index contributed by atoms with van der Waals surface area (Å²) in [6.45, 7) is 3.29. The summed E-state index contributed by atoms with van der Waals surface area (Å²) in [7, 11) is 0. The number of rotatable bonds is 3. The summed E-state index contributed by atoms with van der Waals surface area (Å²) in [5, 5.41) is 4.52. The second-order valence-corrected chi connectivity index (χ2v) is 6.07. The first-order valence-corrected chi connectivity index (χ1v) is 7.82. The van der Waals surface area contributed by atoms with E-state index in [4.69, 9.17) is 16.1 Å². The van der Waals surface area contributed by atoms with Gasteiger partial charge in [0.25, 0.3) is 0 Å². The summed E-state index contributed by atoms with van der Waals surface area (Å²) >= 11 is 5.86. The van der Waals surface area contributed by atoms with E-state index in [1.165, 1.54) is 0 Å². The molecule has 1 aromatic heterocycles. The Morgan fingerprint density at radius 2 is 2.00 bits per heavy atom. The van der Waals surface area contributed by atoms with Gasteiger partial charge >= 0.3 is 0 Å². The van der Waals surface area contributed by atoms with Gasteiger partial charge in [0.2, 0.25) is 11.8 Å². The first-order valence-electron chi connectivity index (χ1n) is 7.44. The third kappa shape index (κ3) is 3.47. The molecule has 0 radical (unpaired) electrons. The third-order valence-corrected chi connectivity index (χ3v) is 4.26. The van der Waals surface area contributed by atoms with Gasteiger partial charge in [-0.1, -0.05) is 28.9 Å². The molecule has 5 nitrogen and oxygen atoms in total. The molecule has 0 bridgehead atoms. The monoisotopic (exact) mass is 319 g/mol. The number of carbonyl (C=O) groups is 1. The second-order valence-electron chi connectivity index (χ2n) is 5.64. The van der Waals surface area contributed by atoms with E-state index in [0.29, 0.717) is 23.2 Å². The lowest BCUT2D eigenvalue weighted by Gasteiger charge is -2.30. The highest BCUT2D eigenvalue weighted by atomic mass is 35.5. The average Bonchev–Trinajstić information content (AvgIpc) is 2.96. The number of amides is 1. The molecule has 2 aromatic rings. The third-order valence-electron chi connectivity index (χ3n) is 4.01. The first kappa shape index (κ1) is 15.0. The minimum atomic E-state index is 0.155. The molecular formula is C16H18ClN3O2. The zero-order valence-electron chi connectivity index (χ0n) is 12.5. The topological polar surface area (TPSA) is 59.2 Å². The van der Waals surface area contributed by atoms with Crippen LogP contribution in [0.15, 0.2) is 28.8 Å². The van der Waals surface area contributed by atoms with Gasteiger partial charge in [0.15, 0.2) is 5.82 Å². The molecule has 1 aliphatic heterocycles. The van der Waals surface area contributed by atoms with Gasteiger partial charge in [-0.2, -0.15) is 4.98 Å². The van der Waals surface area contributed by atoms with E-state index in [2.05, 4.69) is 10.1 Å². The van der Waals surface area contributed by atoms with Crippen molar-refractivity contribution in [3.05, 3.63) is 46.6 Å². The molecule has 0 N–H and O–H groups in total. The van der Waals surface area contributed by atoms with E-state index < -0.39 is 0 Å². The van der Waals surface area contributed by atoms with E-state index >= 15 is 0 Å². The largest absolute Gasteiger partial charge is 0.342 e. The molecule has 0 aliphatic carbocycles. The molecular weight excluding hydrogens is 302 g/mol. The lowest BCUT2D eigenvalue weighted by molar-refractivity contribution is -0.131. The number of aromatic nitrogens is 2. The lowest BCUT2D eigenvalue weighted by atomic mass is 9.96. The van der Waals surface area contributed by atoms with Crippen LogP contribution in [0.4, 0.5) is 0 Å². The molecule has 3 rings (SSSR count). The van der Waals surface area contributed by atoms with Crippen LogP contribution in [0.1, 0.15) is 36.0 Å². The predicted molar refractivity (Wildman–Crippen MR) is 82.7 cm³/mol. The maximum atomic E-state index is 12.3. The summed E-state index contributed by atoms with van der Waals surface area (Å²) < 4.78 is 5.23. The van der Waals surface area contributed by atoms with Gasteiger partial charge in [0, 0.05) is 24.0 Å². The molecule has 1 aliphatic rings. The number of nitrogens with zero attached hydrogens (tertiary/aromatic N) is 3. The molecule has 0 saturated carbocycles. The molecule has 0 spiro atoms. The fraction of sp³-hybridized carbons (Fsp3) is 0.438. The molecule has 0 atom stereocenters. The van der Waals surface area contributed by atoms with Crippen LogP contribution in [0.3, 0.4) is 0 Å². The van der Waals surface area contributed by atoms with Crippen LogP contribution >= 0.6 is 11.6 Å². The molecule has 116 valence electrons. The lowest BCUT2D eigenvalue weighted by Crippen LogP contribution is -2.38. The number of carbonyl (C=O) groups excluding carboxylic acids is 1. The maximum Gasteiger partial charge on any atom is 0.229 e. The van der Waals surface area contributed by atoms with E-state index in [1.54, 1.807) is 0 Å². The molecule has 1 saturated heterocycles. The fourth-order valence-corrected chi connectivity index (χ4v) is 2.87. The average molecular weight is 320 g/mol. The number of piperidine rings is 1. The number of aryl methyl sites for hydroxylation is 1. The highest BCUT2D eigenvalue weighted by Crippen LogP contribution is 2.27. The van der Waals surface area contributed by atoms with E-state index in [-0.39, 0.29) is 11.8 Å². The van der Waals surface area contributed by atoms with Crippen molar-refractivity contribution in [2.75, 3.05) is 13.1 Å². The van der Waals surface area contributed by atoms with E-state index in [0.717, 1.165) is 31.5 Å². The Morgan fingerprint density at radius 1 is 1.32 bits per heavy atom. The van der Waals surface area contributed by atoms with Gasteiger partial charge in [0.05, 0.1) is 6.42 Å². The van der Waals surface area contributed by atoms with Gasteiger partial charge < -0.3 is 9.42 Å². The van der Waals surface area contributed by atoms with Crippen molar-refractivity contribution in [2.45, 2.75) is 32.1 Å². The van der Waals surface area contributed by atoms with Crippen molar-refractivity contribution in [3.63, 3.8) is 0 Å². The smallest absolute Gasteiger partial charge is 0.229 e. The fourth-order valence-electron chi connectivity index (χ4n) is 2.74. The van der Waals surface area contributed by atoms with Gasteiger partial charge in [-0.3, -0.25) is 4.79 Å². The van der Waals surface area contributed by atoms with Crippen molar-refractivity contribution in [1.82, 2.24) is 15.0 Å². The zero-order chi connectivity index (χ0) is 15.5. The van der Waals surface area contributed by atoms with Crippen LogP contribution < -0.4 is 0 Å². The second kappa shape index (κ2) is 6.48. The Bertz CT molecular complexity index is 646. The maximum absolute atomic E-state index is 12.3. The normalized spacial score (nSPS) is 16.0. The molecule has 1 amide bonds. The van der Waals surface area contributed by atoms with Crippen LogP contribution in [0.2, 0.25) is 5.02 Å². The van der Waals surface area contributed by atoms with Crippen molar-refractivity contribution < 1.29 is 9.32 Å². The van der Waals surface area contributed by atoms with Crippen molar-refractivity contribution in [3.8, 4) is 0 Å². The number of hydrogen-bond acceptors (Lipinski definition) is 4. The van der Waals surface area contributed by atoms with Gasteiger partial charge in [0.1, 0.15) is 0 Å². The van der Waals surface area contributed by atoms with Crippen molar-refractivity contribution in [1.29, 1.82) is 0 Å². The summed E-state index contributed by atoms with van der Waals surface area (Å²) in [4.78, 5) is 18.5. The Labute approximate surface area is 134 Å². The molecule has 2 heterocycles. The first-order chi connectivity index (χ1) is 10.6. The van der Waals surface area contributed by atoms with Crippen LogP contribution in [0.5, 0.6) is 0 Å². The summed E-state index contributed by atoms with van der Waals surface area (Å²) in [6.07, 6.45) is 2.16. The van der Waals surface area contributed by atoms with Gasteiger partial charge in [-0.15, -0.1) is 0 Å². The SMILES string of the molecule is Cc1noc(C2CCN(C(=O)Cc3ccc(Cl)cc3)CC2)n1. The summed E-state index contributed by atoms with van der Waals surface area (Å²) in [5.74, 6) is 1.78. The van der Waals surface area contributed by atoms with E-state index in [1.807, 2.05) is 36.1 Å². The van der Waals surface area contributed by atoms with Crippen LogP contribution in [-0.2, 0) is 11.2 Å². The van der Waals surface area contributed by atoms with E-state index in [9.17, 15) is 4.79 Å². The molecule has 1 aromatic carbocycles. The van der Waals surface area contributed by atoms with Crippen LogP contribution in [0.25, 0.3) is 0 Å². The van der Waals surface area contributed by atoms with Crippen LogP contribution in [0, 0.1) is 6.92 Å². The number of hydrogen-bond donors (Lipinski definition) is 0. The van der Waals surface area contributed by atoms with Gasteiger partial charge in [-0.25, -0.2) is 0 Å². The minimum Gasteiger partial charge on any atom is -0.342 e. The highest BCUT2D eigenvalue weighted by Gasteiger charge is 2.27. The quantitative estimate of drug-likeness (QED) is 0.872. The van der Waals surface area contributed by atoms with Gasteiger partial charge in [-0.05, 0) is 37.5 Å². The standard InChI is InChI=1S/C16H18ClN3O2/c1-11-18-16(22-19-11)13-6-8-20(9-7-13)15(21)10-12-2-4-14(17)5-3-12/h2-5,13H,6-10H2,1H3. The number of likely N-dealkylation sites (tertiary alicyclic amines) is 1. The highest BCUT2D eigenvalue weighted by molar-refractivity contribution is 6.30. The Hall–Kier alpha value is -1.88. The number of halogens is 1.